The number of anilines is 1. The molecule has 0 saturated carbocycles. The summed E-state index contributed by atoms with van der Waals surface area (Å²) in [4.78, 5) is 38.5. The first kappa shape index (κ1) is 18.1. The normalized spacial score (nSPS) is 12.4. The van der Waals surface area contributed by atoms with E-state index in [9.17, 15) is 14.4 Å². The lowest BCUT2D eigenvalue weighted by atomic mass is 10.1. The minimum Gasteiger partial charge on any atom is -0.457 e. The maximum Gasteiger partial charge on any atom is 0.338 e. The summed E-state index contributed by atoms with van der Waals surface area (Å²) in [5.41, 5.74) is 2.43. The van der Waals surface area contributed by atoms with Gasteiger partial charge >= 0.3 is 5.97 Å². The molecule has 6 nitrogen and oxygen atoms in total. The molecular weight excluding hydrogens is 368 g/mol. The second-order valence-corrected chi connectivity index (χ2v) is 6.38. The number of carbonyl (C=O) groups excluding carboxylic acids is 3. The van der Waals surface area contributed by atoms with Gasteiger partial charge in [0.15, 0.2) is 0 Å². The smallest absolute Gasteiger partial charge is 0.338 e. The number of ether oxygens (including phenoxy) is 1. The Hall–Kier alpha value is -4.24. The van der Waals surface area contributed by atoms with E-state index in [0.29, 0.717) is 27.9 Å². The Morgan fingerprint density at radius 3 is 2.07 bits per heavy atom. The second kappa shape index (κ2) is 7.41. The van der Waals surface area contributed by atoms with E-state index in [4.69, 9.17) is 10.00 Å². The number of imide groups is 1. The largest absolute Gasteiger partial charge is 0.457 e. The quantitative estimate of drug-likeness (QED) is 0.507. The van der Waals surface area contributed by atoms with Crippen molar-refractivity contribution < 1.29 is 19.1 Å². The van der Waals surface area contributed by atoms with Gasteiger partial charge in [0.25, 0.3) is 11.8 Å². The molecule has 29 heavy (non-hydrogen) atoms. The number of rotatable bonds is 4. The van der Waals surface area contributed by atoms with E-state index in [1.807, 2.05) is 0 Å². The van der Waals surface area contributed by atoms with Crippen LogP contribution in [-0.2, 0) is 11.3 Å². The van der Waals surface area contributed by atoms with Crippen LogP contribution in [0.1, 0.15) is 42.2 Å². The minimum atomic E-state index is -0.563. The van der Waals surface area contributed by atoms with Crippen LogP contribution in [0.3, 0.4) is 0 Å². The minimum absolute atomic E-state index is 0.0251. The molecule has 0 spiro atoms. The van der Waals surface area contributed by atoms with Crippen molar-refractivity contribution in [3.8, 4) is 6.07 Å². The number of amides is 2. The predicted octanol–water partition coefficient (Wildman–Crippen LogP) is 3.72. The van der Waals surface area contributed by atoms with Crippen molar-refractivity contribution in [3.05, 3.63) is 101 Å². The van der Waals surface area contributed by atoms with Crippen LogP contribution in [0, 0.1) is 11.3 Å². The van der Waals surface area contributed by atoms with Gasteiger partial charge < -0.3 is 4.74 Å². The van der Waals surface area contributed by atoms with Gasteiger partial charge in [-0.15, -0.1) is 0 Å². The van der Waals surface area contributed by atoms with E-state index in [-0.39, 0.29) is 12.2 Å². The Bertz CT molecular complexity index is 1140. The van der Waals surface area contributed by atoms with Crippen LogP contribution in [0.15, 0.2) is 72.8 Å². The summed E-state index contributed by atoms with van der Waals surface area (Å²) < 4.78 is 5.28. The molecule has 3 aromatic rings. The molecule has 0 unspecified atom stereocenters. The molecule has 0 bridgehead atoms. The number of hydrogen-bond acceptors (Lipinski definition) is 5. The SMILES string of the molecule is N#Cc1ccccc1COC(=O)c1ccc(N2C(=O)c3ccccc3C2=O)cc1. The highest BCUT2D eigenvalue weighted by molar-refractivity contribution is 6.34. The van der Waals surface area contributed by atoms with E-state index in [0.717, 1.165) is 4.90 Å². The number of benzene rings is 3. The molecule has 1 heterocycles. The zero-order valence-corrected chi connectivity index (χ0v) is 15.2. The van der Waals surface area contributed by atoms with Gasteiger partial charge in [0, 0.05) is 5.56 Å². The third-order valence-electron chi connectivity index (χ3n) is 4.65. The third-order valence-corrected chi connectivity index (χ3v) is 4.65. The molecule has 0 saturated heterocycles. The number of nitrogens with zero attached hydrogens (tertiary/aromatic N) is 2. The molecule has 0 aromatic heterocycles. The van der Waals surface area contributed by atoms with Gasteiger partial charge in [-0.05, 0) is 42.5 Å². The number of nitriles is 1. The number of esters is 1. The molecule has 0 fully saturated rings. The Morgan fingerprint density at radius 1 is 0.862 bits per heavy atom. The fourth-order valence-electron chi connectivity index (χ4n) is 3.15. The van der Waals surface area contributed by atoms with Crippen molar-refractivity contribution in [2.24, 2.45) is 0 Å². The molecule has 0 aliphatic carbocycles. The molecule has 0 radical (unpaired) electrons. The predicted molar refractivity (Wildman–Crippen MR) is 104 cm³/mol. The second-order valence-electron chi connectivity index (χ2n) is 6.38. The number of fused-ring (bicyclic) bond motifs is 1. The molecule has 2 amide bonds. The van der Waals surface area contributed by atoms with E-state index < -0.39 is 17.8 Å². The van der Waals surface area contributed by atoms with Crippen LogP contribution in [0.2, 0.25) is 0 Å². The molecule has 0 atom stereocenters. The van der Waals surface area contributed by atoms with E-state index in [2.05, 4.69) is 6.07 Å². The molecule has 140 valence electrons. The van der Waals surface area contributed by atoms with Gasteiger partial charge in [0.2, 0.25) is 0 Å². The standard InChI is InChI=1S/C23H14N2O4/c24-13-16-5-1-2-6-17(16)14-29-23(28)15-9-11-18(12-10-15)25-21(26)19-7-3-4-8-20(19)22(25)27/h1-12H,14H2. The van der Waals surface area contributed by atoms with Crippen molar-refractivity contribution >= 4 is 23.5 Å². The molecule has 3 aromatic carbocycles. The highest BCUT2D eigenvalue weighted by Gasteiger charge is 2.36. The van der Waals surface area contributed by atoms with Crippen molar-refractivity contribution in [2.75, 3.05) is 4.90 Å². The fraction of sp³-hybridized carbons (Fsp3) is 0.0435. The molecular formula is C23H14N2O4. The topological polar surface area (TPSA) is 87.5 Å². The fourth-order valence-corrected chi connectivity index (χ4v) is 3.15. The Kier molecular flexibility index (Phi) is 4.63. The van der Waals surface area contributed by atoms with Crippen LogP contribution in [0.5, 0.6) is 0 Å². The summed E-state index contributed by atoms with van der Waals surface area (Å²) in [5, 5.41) is 9.09. The van der Waals surface area contributed by atoms with Crippen molar-refractivity contribution in [1.82, 2.24) is 0 Å². The van der Waals surface area contributed by atoms with E-state index in [1.54, 1.807) is 48.5 Å². The zero-order chi connectivity index (χ0) is 20.4. The van der Waals surface area contributed by atoms with Gasteiger partial charge in [0.05, 0.1) is 34.0 Å². The maximum absolute atomic E-state index is 12.5. The number of hydrogen-bond donors (Lipinski definition) is 0. The Balaban J connectivity index is 1.49. The first-order valence-electron chi connectivity index (χ1n) is 8.83. The van der Waals surface area contributed by atoms with E-state index in [1.165, 1.54) is 24.3 Å². The first-order valence-corrected chi connectivity index (χ1v) is 8.83. The Morgan fingerprint density at radius 2 is 1.45 bits per heavy atom. The Labute approximate surface area is 166 Å². The van der Waals surface area contributed by atoms with Gasteiger partial charge in [-0.1, -0.05) is 30.3 Å². The third kappa shape index (κ3) is 3.26. The summed E-state index contributed by atoms with van der Waals surface area (Å²) in [6.07, 6.45) is 0. The summed E-state index contributed by atoms with van der Waals surface area (Å²) in [6, 6.07) is 21.6. The molecule has 6 heteroatoms. The van der Waals surface area contributed by atoms with Crippen molar-refractivity contribution in [1.29, 1.82) is 5.26 Å². The van der Waals surface area contributed by atoms with Crippen LogP contribution in [-0.4, -0.2) is 17.8 Å². The first-order chi connectivity index (χ1) is 14.1. The maximum atomic E-state index is 12.5. The van der Waals surface area contributed by atoms with Gasteiger partial charge in [-0.25, -0.2) is 9.69 Å². The number of carbonyl (C=O) groups is 3. The van der Waals surface area contributed by atoms with Crippen molar-refractivity contribution in [3.63, 3.8) is 0 Å². The summed E-state index contributed by atoms with van der Waals surface area (Å²) in [5.74, 6) is -1.35. The average Bonchev–Trinajstić information content (AvgIpc) is 3.03. The van der Waals surface area contributed by atoms with Gasteiger partial charge in [-0.2, -0.15) is 5.26 Å². The van der Waals surface area contributed by atoms with Gasteiger partial charge in [-0.3, -0.25) is 9.59 Å². The van der Waals surface area contributed by atoms with E-state index >= 15 is 0 Å². The summed E-state index contributed by atoms with van der Waals surface area (Å²) in [6.45, 7) is -0.0251. The van der Waals surface area contributed by atoms with Crippen LogP contribution in [0.25, 0.3) is 0 Å². The molecule has 0 N–H and O–H groups in total. The molecule has 1 aliphatic rings. The van der Waals surface area contributed by atoms with Crippen LogP contribution < -0.4 is 4.90 Å². The lowest BCUT2D eigenvalue weighted by molar-refractivity contribution is 0.0472. The van der Waals surface area contributed by atoms with Crippen LogP contribution >= 0.6 is 0 Å². The van der Waals surface area contributed by atoms with Crippen molar-refractivity contribution in [2.45, 2.75) is 6.61 Å². The highest BCUT2D eigenvalue weighted by atomic mass is 16.5. The highest BCUT2D eigenvalue weighted by Crippen LogP contribution is 2.28. The van der Waals surface area contributed by atoms with Gasteiger partial charge in [0.1, 0.15) is 6.61 Å². The lowest BCUT2D eigenvalue weighted by Gasteiger charge is -2.14. The molecule has 1 aliphatic heterocycles. The lowest BCUT2D eigenvalue weighted by Crippen LogP contribution is -2.29. The monoisotopic (exact) mass is 382 g/mol. The van der Waals surface area contributed by atoms with Crippen LogP contribution in [0.4, 0.5) is 5.69 Å². The molecule has 4 rings (SSSR count). The summed E-state index contributed by atoms with van der Waals surface area (Å²) in [7, 11) is 0. The summed E-state index contributed by atoms with van der Waals surface area (Å²) >= 11 is 0. The average molecular weight is 382 g/mol. The zero-order valence-electron chi connectivity index (χ0n) is 15.2.